The van der Waals surface area contributed by atoms with Crippen molar-refractivity contribution >= 4 is 23.2 Å². The minimum Gasteiger partial charge on any atom is -0.310 e. The summed E-state index contributed by atoms with van der Waals surface area (Å²) in [5, 5.41) is 12.8. The molecular formula is C20H11ClF7N5O. The van der Waals surface area contributed by atoms with E-state index < -0.39 is 52.4 Å². The topological polar surface area (TPSA) is 74.8 Å². The highest BCUT2D eigenvalue weighted by Gasteiger charge is 2.42. The van der Waals surface area contributed by atoms with E-state index in [1.54, 1.807) is 0 Å². The molecule has 2 heterocycles. The van der Waals surface area contributed by atoms with Crippen LogP contribution in [0.2, 0.25) is 5.02 Å². The Labute approximate surface area is 191 Å². The summed E-state index contributed by atoms with van der Waals surface area (Å²) in [6.45, 7) is 1.33. The predicted octanol–water partition coefficient (Wildman–Crippen LogP) is 5.55. The van der Waals surface area contributed by atoms with Crippen LogP contribution in [0, 0.1) is 24.1 Å². The van der Waals surface area contributed by atoms with Gasteiger partial charge in [-0.2, -0.15) is 36.7 Å². The van der Waals surface area contributed by atoms with E-state index in [1.807, 2.05) is 0 Å². The van der Waals surface area contributed by atoms with Crippen LogP contribution in [-0.2, 0) is 12.4 Å². The van der Waals surface area contributed by atoms with E-state index in [0.29, 0.717) is 4.68 Å². The summed E-state index contributed by atoms with van der Waals surface area (Å²) >= 11 is 5.71. The lowest BCUT2D eigenvalue weighted by molar-refractivity contribution is -0.145. The van der Waals surface area contributed by atoms with Crippen LogP contribution < -0.4 is 4.90 Å². The number of rotatable bonds is 3. The third-order valence-electron chi connectivity index (χ3n) is 4.55. The highest BCUT2D eigenvalue weighted by molar-refractivity contribution is 6.31. The SMILES string of the molecule is Cc1cc(C(=O)N(C)c2ccc(F)c(Cl)c2)n(-c2nc(C(F)(F)F)cc(C(F)(F)F)c2C#N)n1. The predicted molar refractivity (Wildman–Crippen MR) is 105 cm³/mol. The first-order valence-electron chi connectivity index (χ1n) is 9.04. The lowest BCUT2D eigenvalue weighted by Gasteiger charge is -2.20. The van der Waals surface area contributed by atoms with Crippen molar-refractivity contribution in [2.24, 2.45) is 0 Å². The lowest BCUT2D eigenvalue weighted by atomic mass is 10.1. The van der Waals surface area contributed by atoms with Crippen LogP contribution in [0.15, 0.2) is 30.3 Å². The number of anilines is 1. The molecule has 0 spiro atoms. The monoisotopic (exact) mass is 505 g/mol. The molecule has 1 amide bonds. The van der Waals surface area contributed by atoms with Gasteiger partial charge in [0.2, 0.25) is 0 Å². The zero-order chi connectivity index (χ0) is 25.6. The molecule has 0 aliphatic rings. The summed E-state index contributed by atoms with van der Waals surface area (Å²) in [5.74, 6) is -2.87. The van der Waals surface area contributed by atoms with Crippen molar-refractivity contribution in [2.45, 2.75) is 19.3 Å². The molecule has 0 N–H and O–H groups in total. The summed E-state index contributed by atoms with van der Waals surface area (Å²) in [7, 11) is 1.21. The van der Waals surface area contributed by atoms with E-state index in [-0.39, 0.29) is 22.5 Å². The van der Waals surface area contributed by atoms with Gasteiger partial charge in [-0.3, -0.25) is 4.79 Å². The van der Waals surface area contributed by atoms with Crippen LogP contribution in [-0.4, -0.2) is 27.7 Å². The number of benzene rings is 1. The first-order chi connectivity index (χ1) is 15.6. The van der Waals surface area contributed by atoms with Gasteiger partial charge in [0.05, 0.1) is 16.3 Å². The number of nitrogens with zero attached hydrogens (tertiary/aromatic N) is 5. The molecule has 178 valence electrons. The van der Waals surface area contributed by atoms with Crippen LogP contribution in [0.25, 0.3) is 5.82 Å². The van der Waals surface area contributed by atoms with Crippen molar-refractivity contribution in [3.63, 3.8) is 0 Å². The fourth-order valence-corrected chi connectivity index (χ4v) is 3.13. The van der Waals surface area contributed by atoms with Gasteiger partial charge in [-0.25, -0.2) is 14.1 Å². The number of carbonyl (C=O) groups is 1. The molecule has 0 saturated carbocycles. The number of amides is 1. The number of alkyl halides is 6. The van der Waals surface area contributed by atoms with Crippen molar-refractivity contribution in [3.8, 4) is 11.9 Å². The Morgan fingerprint density at radius 3 is 2.29 bits per heavy atom. The number of hydrogen-bond acceptors (Lipinski definition) is 4. The maximum atomic E-state index is 13.5. The van der Waals surface area contributed by atoms with Crippen LogP contribution in [0.3, 0.4) is 0 Å². The minimum absolute atomic E-state index is 0.0329. The first kappa shape index (κ1) is 25.0. The van der Waals surface area contributed by atoms with E-state index in [0.717, 1.165) is 23.1 Å². The molecule has 0 saturated heterocycles. The molecule has 0 aliphatic carbocycles. The molecule has 2 aromatic heterocycles. The Balaban J connectivity index is 2.25. The highest BCUT2D eigenvalue weighted by atomic mass is 35.5. The van der Waals surface area contributed by atoms with Gasteiger partial charge in [-0.1, -0.05) is 11.6 Å². The molecule has 0 bridgehead atoms. The standard InChI is InChI=1S/C20H11ClF7N5O/c1-9-5-15(18(34)32(2)10-3-4-14(22)13(21)6-10)33(31-9)17-11(8-29)12(19(23,24)25)7-16(30-17)20(26,27)28/h3-7H,1-2H3. The molecule has 0 aliphatic heterocycles. The fraction of sp³-hybridized carbons (Fsp3) is 0.200. The molecular weight excluding hydrogens is 495 g/mol. The van der Waals surface area contributed by atoms with E-state index in [4.69, 9.17) is 11.6 Å². The number of carbonyl (C=O) groups excluding carboxylic acids is 1. The van der Waals surface area contributed by atoms with Crippen molar-refractivity contribution in [1.82, 2.24) is 14.8 Å². The summed E-state index contributed by atoms with van der Waals surface area (Å²) in [4.78, 5) is 17.2. The molecule has 0 fully saturated rings. The van der Waals surface area contributed by atoms with E-state index in [1.165, 1.54) is 26.1 Å². The maximum Gasteiger partial charge on any atom is 0.433 e. The zero-order valence-electron chi connectivity index (χ0n) is 17.1. The van der Waals surface area contributed by atoms with Gasteiger partial charge in [0, 0.05) is 12.7 Å². The molecule has 14 heteroatoms. The van der Waals surface area contributed by atoms with Gasteiger partial charge >= 0.3 is 12.4 Å². The van der Waals surface area contributed by atoms with Crippen LogP contribution in [0.1, 0.15) is 33.0 Å². The average molecular weight is 506 g/mol. The minimum atomic E-state index is -5.34. The summed E-state index contributed by atoms with van der Waals surface area (Å²) in [5.41, 5.74) is -5.49. The van der Waals surface area contributed by atoms with Crippen molar-refractivity contribution in [2.75, 3.05) is 11.9 Å². The van der Waals surface area contributed by atoms with E-state index in [2.05, 4.69) is 10.1 Å². The fourth-order valence-electron chi connectivity index (χ4n) is 2.96. The smallest absolute Gasteiger partial charge is 0.310 e. The largest absolute Gasteiger partial charge is 0.433 e. The van der Waals surface area contributed by atoms with Gasteiger partial charge in [-0.05, 0) is 37.3 Å². The van der Waals surface area contributed by atoms with Crippen LogP contribution in [0.5, 0.6) is 0 Å². The van der Waals surface area contributed by atoms with Crippen LogP contribution >= 0.6 is 11.6 Å². The maximum absolute atomic E-state index is 13.5. The van der Waals surface area contributed by atoms with Gasteiger partial charge in [0.15, 0.2) is 5.82 Å². The zero-order valence-corrected chi connectivity index (χ0v) is 17.8. The molecule has 3 aromatic rings. The van der Waals surface area contributed by atoms with Gasteiger partial charge in [0.1, 0.15) is 28.8 Å². The number of nitriles is 1. The van der Waals surface area contributed by atoms with E-state index >= 15 is 0 Å². The summed E-state index contributed by atoms with van der Waals surface area (Å²) < 4.78 is 94.3. The lowest BCUT2D eigenvalue weighted by Crippen LogP contribution is -2.29. The van der Waals surface area contributed by atoms with Gasteiger partial charge < -0.3 is 4.90 Å². The highest BCUT2D eigenvalue weighted by Crippen LogP contribution is 2.38. The van der Waals surface area contributed by atoms with E-state index in [9.17, 15) is 40.8 Å². The van der Waals surface area contributed by atoms with Crippen molar-refractivity contribution in [3.05, 3.63) is 69.4 Å². The third-order valence-corrected chi connectivity index (χ3v) is 4.84. The third kappa shape index (κ3) is 4.67. The average Bonchev–Trinajstić information content (AvgIpc) is 3.13. The number of aryl methyl sites for hydroxylation is 1. The Bertz CT molecular complexity index is 1320. The molecule has 0 unspecified atom stereocenters. The number of halogens is 8. The summed E-state index contributed by atoms with van der Waals surface area (Å²) in [6, 6.07) is 5.23. The summed E-state index contributed by atoms with van der Waals surface area (Å²) in [6.07, 6.45) is -10.6. The molecule has 0 atom stereocenters. The molecule has 3 rings (SSSR count). The molecule has 0 radical (unpaired) electrons. The Hall–Kier alpha value is -3.66. The molecule has 34 heavy (non-hydrogen) atoms. The second-order valence-corrected chi connectivity index (χ2v) is 7.31. The second kappa shape index (κ2) is 8.60. The number of hydrogen-bond donors (Lipinski definition) is 0. The van der Waals surface area contributed by atoms with Crippen molar-refractivity contribution in [1.29, 1.82) is 5.26 Å². The number of aromatic nitrogens is 3. The van der Waals surface area contributed by atoms with Crippen molar-refractivity contribution < 1.29 is 35.5 Å². The van der Waals surface area contributed by atoms with Crippen LogP contribution in [0.4, 0.5) is 36.4 Å². The Morgan fingerprint density at radius 2 is 1.76 bits per heavy atom. The Kier molecular flexibility index (Phi) is 6.32. The Morgan fingerprint density at radius 1 is 1.12 bits per heavy atom. The number of pyridine rings is 1. The normalized spacial score (nSPS) is 11.9. The van der Waals surface area contributed by atoms with Gasteiger partial charge in [-0.15, -0.1) is 0 Å². The quantitative estimate of drug-likeness (QED) is 0.437. The molecule has 6 nitrogen and oxygen atoms in total. The van der Waals surface area contributed by atoms with Gasteiger partial charge in [0.25, 0.3) is 5.91 Å². The first-order valence-corrected chi connectivity index (χ1v) is 9.42. The second-order valence-electron chi connectivity index (χ2n) is 6.91. The molecule has 1 aromatic carbocycles.